The van der Waals surface area contributed by atoms with E-state index in [9.17, 15) is 9.59 Å². The van der Waals surface area contributed by atoms with Crippen LogP contribution >= 0.6 is 0 Å². The molecule has 0 unspecified atom stereocenters. The fraction of sp³-hybridized carbons (Fsp3) is 0.318. The minimum absolute atomic E-state index is 0.00465. The van der Waals surface area contributed by atoms with Gasteiger partial charge in [-0.05, 0) is 43.2 Å². The summed E-state index contributed by atoms with van der Waals surface area (Å²) in [5.74, 6) is -0.152. The Labute approximate surface area is 173 Å². The molecular formula is C22H20N6O2. The maximum absolute atomic E-state index is 13.0. The number of carbonyl (C=O) groups excluding carboxylic acids is 2. The second-order valence-corrected chi connectivity index (χ2v) is 8.10. The van der Waals surface area contributed by atoms with Gasteiger partial charge < -0.3 is 14.8 Å². The van der Waals surface area contributed by atoms with Gasteiger partial charge in [0.05, 0.1) is 17.0 Å². The van der Waals surface area contributed by atoms with Gasteiger partial charge in [-0.25, -0.2) is 9.97 Å². The van der Waals surface area contributed by atoms with Gasteiger partial charge >= 0.3 is 0 Å². The van der Waals surface area contributed by atoms with E-state index in [2.05, 4.69) is 19.9 Å². The molecule has 1 saturated heterocycles. The molecule has 1 aromatic carbocycles. The summed E-state index contributed by atoms with van der Waals surface area (Å²) in [6.07, 6.45) is 5.45. The molecular weight excluding hydrogens is 380 g/mol. The van der Waals surface area contributed by atoms with Gasteiger partial charge in [-0.3, -0.25) is 9.59 Å². The number of benzene rings is 1. The van der Waals surface area contributed by atoms with E-state index in [0.29, 0.717) is 30.8 Å². The van der Waals surface area contributed by atoms with Crippen molar-refractivity contribution >= 4 is 28.5 Å². The summed E-state index contributed by atoms with van der Waals surface area (Å²) in [6.45, 7) is 2.44. The van der Waals surface area contributed by atoms with Crippen molar-refractivity contribution in [1.29, 1.82) is 5.26 Å². The van der Waals surface area contributed by atoms with E-state index in [-0.39, 0.29) is 5.41 Å². The van der Waals surface area contributed by atoms with Crippen LogP contribution in [0.15, 0.2) is 42.9 Å². The van der Waals surface area contributed by atoms with E-state index in [1.165, 1.54) is 0 Å². The lowest BCUT2D eigenvalue weighted by atomic mass is 10.0. The van der Waals surface area contributed by atoms with Crippen LogP contribution in [0.1, 0.15) is 28.8 Å². The molecule has 5 rings (SSSR count). The lowest BCUT2D eigenvalue weighted by molar-refractivity contribution is -0.126. The number of amides is 1. The molecule has 30 heavy (non-hydrogen) atoms. The van der Waals surface area contributed by atoms with E-state index in [1.807, 2.05) is 18.3 Å². The lowest BCUT2D eigenvalue weighted by Crippen LogP contribution is -2.40. The monoisotopic (exact) mass is 400 g/mol. The number of H-pyrrole nitrogens is 1. The normalized spacial score (nSPS) is 17.6. The molecule has 1 aliphatic carbocycles. The van der Waals surface area contributed by atoms with E-state index in [4.69, 9.17) is 5.26 Å². The molecule has 3 aromatic rings. The standard InChI is InChI=1S/C22H20N6O2/c23-11-15-1-3-16(4-2-15)18(29)21(30)28-10-9-27(12-22(13-28)6-7-22)20-17-5-8-24-19(17)25-14-26-20/h1-5,8,14H,6-7,9-10,12-13H2,(H,24,25,26). The Balaban J connectivity index is 1.38. The molecule has 3 heterocycles. The van der Waals surface area contributed by atoms with E-state index in [1.54, 1.807) is 35.5 Å². The van der Waals surface area contributed by atoms with Crippen molar-refractivity contribution in [2.24, 2.45) is 5.41 Å². The minimum Gasteiger partial charge on any atom is -0.354 e. The highest BCUT2D eigenvalue weighted by atomic mass is 16.2. The van der Waals surface area contributed by atoms with E-state index >= 15 is 0 Å². The predicted octanol–water partition coefficient (Wildman–Crippen LogP) is 2.14. The van der Waals surface area contributed by atoms with Crippen molar-refractivity contribution in [3.05, 3.63) is 54.0 Å². The topological polar surface area (TPSA) is 106 Å². The first-order valence-corrected chi connectivity index (χ1v) is 9.95. The summed E-state index contributed by atoms with van der Waals surface area (Å²) in [7, 11) is 0. The zero-order valence-corrected chi connectivity index (χ0v) is 16.3. The molecule has 150 valence electrons. The number of carbonyl (C=O) groups is 2. The Morgan fingerprint density at radius 2 is 1.87 bits per heavy atom. The summed E-state index contributed by atoms with van der Waals surface area (Å²) in [5.41, 5.74) is 1.57. The molecule has 1 saturated carbocycles. The van der Waals surface area contributed by atoms with Crippen LogP contribution in [0, 0.1) is 16.7 Å². The molecule has 1 aliphatic heterocycles. The van der Waals surface area contributed by atoms with Crippen molar-refractivity contribution in [3.8, 4) is 6.07 Å². The Morgan fingerprint density at radius 3 is 2.60 bits per heavy atom. The molecule has 8 nitrogen and oxygen atoms in total. The van der Waals surface area contributed by atoms with Gasteiger partial charge in [0.15, 0.2) is 0 Å². The second kappa shape index (κ2) is 6.95. The zero-order valence-electron chi connectivity index (χ0n) is 16.3. The molecule has 1 spiro atoms. The van der Waals surface area contributed by atoms with Crippen molar-refractivity contribution in [2.75, 3.05) is 31.1 Å². The first kappa shape index (κ1) is 18.3. The van der Waals surface area contributed by atoms with Crippen molar-refractivity contribution in [2.45, 2.75) is 12.8 Å². The zero-order chi connectivity index (χ0) is 20.7. The number of nitrogens with one attached hydrogen (secondary N) is 1. The average Bonchev–Trinajstić information content (AvgIpc) is 3.42. The van der Waals surface area contributed by atoms with Crippen LogP contribution in [0.25, 0.3) is 11.0 Å². The van der Waals surface area contributed by atoms with Crippen LogP contribution in [-0.4, -0.2) is 57.7 Å². The van der Waals surface area contributed by atoms with Gasteiger partial charge in [-0.2, -0.15) is 5.26 Å². The van der Waals surface area contributed by atoms with Crippen molar-refractivity contribution in [1.82, 2.24) is 19.9 Å². The van der Waals surface area contributed by atoms with Crippen LogP contribution in [0.3, 0.4) is 0 Å². The Kier molecular flexibility index (Phi) is 4.24. The molecule has 1 amide bonds. The molecule has 0 radical (unpaired) electrons. The third-order valence-corrected chi connectivity index (χ3v) is 6.04. The fourth-order valence-electron chi connectivity index (χ4n) is 4.18. The molecule has 0 bridgehead atoms. The number of hydrogen-bond donors (Lipinski definition) is 1. The van der Waals surface area contributed by atoms with Gasteiger partial charge in [0.2, 0.25) is 5.78 Å². The van der Waals surface area contributed by atoms with Crippen LogP contribution in [-0.2, 0) is 4.79 Å². The average molecular weight is 400 g/mol. The summed E-state index contributed by atoms with van der Waals surface area (Å²) in [6, 6.07) is 10.2. The number of aromatic amines is 1. The number of ketones is 1. The Morgan fingerprint density at radius 1 is 1.07 bits per heavy atom. The van der Waals surface area contributed by atoms with Gasteiger partial charge in [-0.1, -0.05) is 0 Å². The molecule has 8 heteroatoms. The van der Waals surface area contributed by atoms with E-state index < -0.39 is 11.7 Å². The number of hydrogen-bond acceptors (Lipinski definition) is 6. The van der Waals surface area contributed by atoms with Crippen molar-refractivity contribution in [3.63, 3.8) is 0 Å². The lowest BCUT2D eigenvalue weighted by Gasteiger charge is -2.25. The first-order valence-electron chi connectivity index (χ1n) is 9.95. The number of anilines is 1. The summed E-state index contributed by atoms with van der Waals surface area (Å²) < 4.78 is 0. The van der Waals surface area contributed by atoms with Crippen LogP contribution in [0.2, 0.25) is 0 Å². The van der Waals surface area contributed by atoms with Crippen LogP contribution in [0.4, 0.5) is 5.82 Å². The molecule has 2 fully saturated rings. The second-order valence-electron chi connectivity index (χ2n) is 8.10. The van der Waals surface area contributed by atoms with Gasteiger partial charge in [0.25, 0.3) is 5.91 Å². The highest BCUT2D eigenvalue weighted by Crippen LogP contribution is 2.48. The maximum atomic E-state index is 13.0. The summed E-state index contributed by atoms with van der Waals surface area (Å²) in [5, 5.41) is 9.88. The Bertz CT molecular complexity index is 1170. The fourth-order valence-corrected chi connectivity index (χ4v) is 4.18. The van der Waals surface area contributed by atoms with Crippen LogP contribution in [0.5, 0.6) is 0 Å². The number of fused-ring (bicyclic) bond motifs is 1. The quantitative estimate of drug-likeness (QED) is 0.533. The largest absolute Gasteiger partial charge is 0.354 e. The summed E-state index contributed by atoms with van der Waals surface area (Å²) >= 11 is 0. The smallest absolute Gasteiger partial charge is 0.295 e. The SMILES string of the molecule is N#Cc1ccc(C(=O)C(=O)N2CCN(c3ncnc4[nH]ccc34)CC3(CC3)C2)cc1. The third kappa shape index (κ3) is 3.18. The van der Waals surface area contributed by atoms with Gasteiger partial charge in [-0.15, -0.1) is 0 Å². The number of nitriles is 1. The third-order valence-electron chi connectivity index (χ3n) is 6.04. The Hall–Kier alpha value is -3.73. The predicted molar refractivity (Wildman–Crippen MR) is 110 cm³/mol. The number of Topliss-reactive ketones (excluding diaryl/α,β-unsaturated/α-hetero) is 1. The number of nitrogens with zero attached hydrogens (tertiary/aromatic N) is 5. The van der Waals surface area contributed by atoms with E-state index in [0.717, 1.165) is 36.2 Å². The number of rotatable bonds is 3. The molecule has 1 N–H and O–H groups in total. The minimum atomic E-state index is -0.529. The van der Waals surface area contributed by atoms with Gasteiger partial charge in [0, 0.05) is 43.4 Å². The van der Waals surface area contributed by atoms with Crippen LogP contribution < -0.4 is 4.90 Å². The molecule has 2 aromatic heterocycles. The molecule has 0 atom stereocenters. The maximum Gasteiger partial charge on any atom is 0.295 e. The number of aromatic nitrogens is 3. The highest BCUT2D eigenvalue weighted by molar-refractivity contribution is 6.42. The summed E-state index contributed by atoms with van der Waals surface area (Å²) in [4.78, 5) is 41.5. The highest BCUT2D eigenvalue weighted by Gasteiger charge is 2.48. The van der Waals surface area contributed by atoms with Gasteiger partial charge in [0.1, 0.15) is 17.8 Å². The molecule has 2 aliphatic rings. The first-order chi connectivity index (χ1) is 14.6. The van der Waals surface area contributed by atoms with Crippen molar-refractivity contribution < 1.29 is 9.59 Å².